The van der Waals surface area contributed by atoms with Gasteiger partial charge in [0.05, 0.1) is 18.9 Å². The molecule has 4 heteroatoms. The van der Waals surface area contributed by atoms with Gasteiger partial charge in [-0.15, -0.1) is 0 Å². The Morgan fingerprint density at radius 3 is 2.73 bits per heavy atom. The summed E-state index contributed by atoms with van der Waals surface area (Å²) in [4.78, 5) is 1.83. The van der Waals surface area contributed by atoms with Crippen LogP contribution in [0.4, 0.5) is 10.1 Å². The molecule has 0 aromatic heterocycles. The molecule has 0 spiro atoms. The minimum Gasteiger partial charge on any atom is -0.378 e. The molecule has 15 heavy (non-hydrogen) atoms. The summed E-state index contributed by atoms with van der Waals surface area (Å²) >= 11 is 0. The lowest BCUT2D eigenvalue weighted by Gasteiger charge is -2.19. The van der Waals surface area contributed by atoms with Crippen molar-refractivity contribution in [3.8, 4) is 0 Å². The third-order valence-electron chi connectivity index (χ3n) is 2.10. The van der Waals surface area contributed by atoms with Gasteiger partial charge in [0.2, 0.25) is 0 Å². The molecule has 0 unspecified atom stereocenters. The van der Waals surface area contributed by atoms with Crippen molar-refractivity contribution in [1.29, 1.82) is 0 Å². The molecular formula is C11H17FN2O. The highest BCUT2D eigenvalue weighted by molar-refractivity contribution is 5.46. The van der Waals surface area contributed by atoms with Crippen LogP contribution in [-0.4, -0.2) is 33.4 Å². The minimum atomic E-state index is -0.209. The fourth-order valence-corrected chi connectivity index (χ4v) is 1.27. The number of hydrogen-bond donors (Lipinski definition) is 1. The van der Waals surface area contributed by atoms with Gasteiger partial charge in [-0.1, -0.05) is 12.1 Å². The van der Waals surface area contributed by atoms with Gasteiger partial charge in [-0.25, -0.2) is 4.39 Å². The van der Waals surface area contributed by atoms with Crippen molar-refractivity contribution in [1.82, 2.24) is 0 Å². The molecule has 0 heterocycles. The van der Waals surface area contributed by atoms with E-state index in [0.717, 1.165) is 0 Å². The molecule has 0 saturated heterocycles. The number of para-hydroxylation sites is 1. The molecule has 1 aromatic rings. The molecule has 0 atom stereocenters. The van der Waals surface area contributed by atoms with Crippen LogP contribution in [0, 0.1) is 5.82 Å². The highest BCUT2D eigenvalue weighted by Crippen LogP contribution is 2.16. The van der Waals surface area contributed by atoms with Crippen LogP contribution in [0.25, 0.3) is 0 Å². The molecule has 0 aliphatic heterocycles. The zero-order chi connectivity index (χ0) is 11.1. The van der Waals surface area contributed by atoms with Gasteiger partial charge in [-0.05, 0) is 12.1 Å². The van der Waals surface area contributed by atoms with Crippen LogP contribution in [0.2, 0.25) is 0 Å². The smallest absolute Gasteiger partial charge is 0.146 e. The van der Waals surface area contributed by atoms with Crippen molar-refractivity contribution in [3.63, 3.8) is 0 Å². The van der Waals surface area contributed by atoms with Crippen molar-refractivity contribution >= 4 is 5.69 Å². The van der Waals surface area contributed by atoms with E-state index in [1.165, 1.54) is 6.07 Å². The van der Waals surface area contributed by atoms with E-state index in [4.69, 9.17) is 10.5 Å². The number of hydrogen-bond acceptors (Lipinski definition) is 3. The summed E-state index contributed by atoms with van der Waals surface area (Å²) in [5.41, 5.74) is 5.87. The molecule has 0 bridgehead atoms. The zero-order valence-electron chi connectivity index (χ0n) is 8.95. The van der Waals surface area contributed by atoms with Gasteiger partial charge in [0.1, 0.15) is 5.82 Å². The minimum absolute atomic E-state index is 0.209. The molecule has 0 fully saturated rings. The predicted molar refractivity (Wildman–Crippen MR) is 59.5 cm³/mol. The maximum Gasteiger partial charge on any atom is 0.146 e. The largest absolute Gasteiger partial charge is 0.378 e. The lowest BCUT2D eigenvalue weighted by molar-refractivity contribution is 0.148. The van der Waals surface area contributed by atoms with Crippen molar-refractivity contribution in [3.05, 3.63) is 30.1 Å². The lowest BCUT2D eigenvalue weighted by Crippen LogP contribution is -2.24. The molecule has 0 aliphatic rings. The molecule has 0 saturated carbocycles. The van der Waals surface area contributed by atoms with Gasteiger partial charge in [0.25, 0.3) is 0 Å². The quantitative estimate of drug-likeness (QED) is 0.721. The molecule has 1 rings (SSSR count). The van der Waals surface area contributed by atoms with Gasteiger partial charge in [0.15, 0.2) is 0 Å². The normalized spacial score (nSPS) is 10.3. The summed E-state index contributed by atoms with van der Waals surface area (Å²) in [5, 5.41) is 0. The van der Waals surface area contributed by atoms with Gasteiger partial charge in [-0.2, -0.15) is 0 Å². The second-order valence-corrected chi connectivity index (χ2v) is 3.27. The van der Waals surface area contributed by atoms with Crippen molar-refractivity contribution in [2.24, 2.45) is 5.73 Å². The lowest BCUT2D eigenvalue weighted by atomic mass is 10.3. The second-order valence-electron chi connectivity index (χ2n) is 3.27. The van der Waals surface area contributed by atoms with Crippen LogP contribution in [-0.2, 0) is 4.74 Å². The van der Waals surface area contributed by atoms with Gasteiger partial charge >= 0.3 is 0 Å². The second kappa shape index (κ2) is 6.37. The van der Waals surface area contributed by atoms with Crippen LogP contribution in [0.15, 0.2) is 24.3 Å². The Kier molecular flexibility index (Phi) is 5.07. The third-order valence-corrected chi connectivity index (χ3v) is 2.10. The molecule has 3 nitrogen and oxygen atoms in total. The van der Waals surface area contributed by atoms with E-state index in [1.54, 1.807) is 12.1 Å². The summed E-state index contributed by atoms with van der Waals surface area (Å²) in [5.74, 6) is -0.209. The molecule has 0 radical (unpaired) electrons. The number of benzene rings is 1. The molecule has 0 aliphatic carbocycles. The average Bonchev–Trinajstić information content (AvgIpc) is 2.25. The highest BCUT2D eigenvalue weighted by Gasteiger charge is 2.05. The van der Waals surface area contributed by atoms with E-state index < -0.39 is 0 Å². The molecule has 1 aromatic carbocycles. The summed E-state index contributed by atoms with van der Waals surface area (Å²) in [6.45, 7) is 2.28. The maximum absolute atomic E-state index is 13.3. The average molecular weight is 212 g/mol. The van der Waals surface area contributed by atoms with Crippen molar-refractivity contribution in [2.45, 2.75) is 0 Å². The molecule has 2 N–H and O–H groups in total. The van der Waals surface area contributed by atoms with E-state index in [2.05, 4.69) is 0 Å². The van der Waals surface area contributed by atoms with Crippen LogP contribution in [0.5, 0.6) is 0 Å². The van der Waals surface area contributed by atoms with E-state index in [0.29, 0.717) is 32.0 Å². The summed E-state index contributed by atoms with van der Waals surface area (Å²) < 4.78 is 18.5. The van der Waals surface area contributed by atoms with Gasteiger partial charge in [0, 0.05) is 20.1 Å². The van der Waals surface area contributed by atoms with Crippen LogP contribution < -0.4 is 10.6 Å². The summed E-state index contributed by atoms with van der Waals surface area (Å²) in [6.07, 6.45) is 0. The summed E-state index contributed by atoms with van der Waals surface area (Å²) in [7, 11) is 1.84. The number of halogens is 1. The zero-order valence-corrected chi connectivity index (χ0v) is 8.95. The number of anilines is 1. The maximum atomic E-state index is 13.3. The van der Waals surface area contributed by atoms with Crippen LogP contribution >= 0.6 is 0 Å². The third kappa shape index (κ3) is 3.85. The van der Waals surface area contributed by atoms with Crippen molar-refractivity contribution < 1.29 is 9.13 Å². The Bertz CT molecular complexity index is 294. The fourth-order valence-electron chi connectivity index (χ4n) is 1.27. The number of rotatable bonds is 6. The first kappa shape index (κ1) is 11.9. The Morgan fingerprint density at radius 1 is 1.33 bits per heavy atom. The SMILES string of the molecule is CN(CCOCCN)c1ccccc1F. The van der Waals surface area contributed by atoms with E-state index in [1.807, 2.05) is 18.0 Å². The number of nitrogens with zero attached hydrogens (tertiary/aromatic N) is 1. The van der Waals surface area contributed by atoms with Gasteiger partial charge in [-0.3, -0.25) is 0 Å². The topological polar surface area (TPSA) is 38.5 Å². The Balaban J connectivity index is 2.40. The standard InChI is InChI=1S/C11H17FN2O/c1-14(7-9-15-8-6-13)11-5-3-2-4-10(11)12/h2-5H,6-9,13H2,1H3. The molecule has 84 valence electrons. The van der Waals surface area contributed by atoms with Crippen LogP contribution in [0.1, 0.15) is 0 Å². The molecule has 0 amide bonds. The number of ether oxygens (including phenoxy) is 1. The molecular weight excluding hydrogens is 195 g/mol. The first-order valence-corrected chi connectivity index (χ1v) is 4.99. The van der Waals surface area contributed by atoms with E-state index in [9.17, 15) is 4.39 Å². The first-order chi connectivity index (χ1) is 7.25. The van der Waals surface area contributed by atoms with E-state index >= 15 is 0 Å². The highest BCUT2D eigenvalue weighted by atomic mass is 19.1. The van der Waals surface area contributed by atoms with Crippen molar-refractivity contribution in [2.75, 3.05) is 38.3 Å². The monoisotopic (exact) mass is 212 g/mol. The number of nitrogens with two attached hydrogens (primary N) is 1. The Morgan fingerprint density at radius 2 is 2.07 bits per heavy atom. The number of likely N-dealkylation sites (N-methyl/N-ethyl adjacent to an activating group) is 1. The summed E-state index contributed by atoms with van der Waals surface area (Å²) in [6, 6.07) is 6.69. The predicted octanol–water partition coefficient (Wildman–Crippen LogP) is 1.24. The van der Waals surface area contributed by atoms with E-state index in [-0.39, 0.29) is 5.82 Å². The van der Waals surface area contributed by atoms with Crippen LogP contribution in [0.3, 0.4) is 0 Å². The fraction of sp³-hybridized carbons (Fsp3) is 0.455. The Hall–Kier alpha value is -1.13. The van der Waals surface area contributed by atoms with Gasteiger partial charge < -0.3 is 15.4 Å². The Labute approximate surface area is 89.6 Å². The first-order valence-electron chi connectivity index (χ1n) is 4.99.